The lowest BCUT2D eigenvalue weighted by atomic mass is 9.85. The van der Waals surface area contributed by atoms with E-state index in [0.29, 0.717) is 53.4 Å². The maximum atomic E-state index is 13.2. The van der Waals surface area contributed by atoms with Crippen molar-refractivity contribution in [2.24, 2.45) is 9.98 Å². The molecule has 3 aliphatic rings. The number of carbonyl (C=O) groups is 3. The minimum atomic E-state index is -0.583. The summed E-state index contributed by atoms with van der Waals surface area (Å²) in [6.45, 7) is 3.78. The summed E-state index contributed by atoms with van der Waals surface area (Å²) in [5, 5.41) is 6.99. The topological polar surface area (TPSA) is 170 Å². The van der Waals surface area contributed by atoms with E-state index in [-0.39, 0.29) is 42.1 Å². The second kappa shape index (κ2) is 10.1. The van der Waals surface area contributed by atoms with Crippen molar-refractivity contribution in [3.05, 3.63) is 35.8 Å². The standard InChI is InChI=1S/C27H29N9O4/c1-3-40-27(39)33-21-7-4-15(10-30-21)19-11-32-36-24(28)22(14(2)37)23(34-25(19)36)16-8-17-5-6-18(9-16)35(17)26(38)20-12-29-13-31-20/h4,7,10-11,13,16-18H,3,5-6,8-9,12,28H2,1-2H3,(H,30,33,39)/t16?,17-,18+. The molecule has 3 atom stereocenters. The summed E-state index contributed by atoms with van der Waals surface area (Å²) in [5.41, 5.74) is 9.94. The number of pyridine rings is 1. The maximum absolute atomic E-state index is 13.2. The van der Waals surface area contributed by atoms with Gasteiger partial charge in [0.1, 0.15) is 23.7 Å². The Morgan fingerprint density at radius 1 is 1.15 bits per heavy atom. The van der Waals surface area contributed by atoms with Crippen LogP contribution < -0.4 is 11.1 Å². The van der Waals surface area contributed by atoms with Crippen LogP contribution >= 0.6 is 0 Å². The SMILES string of the molecule is CCOC(=O)Nc1ccc(-c2cnn3c(N)c(C(C)=O)c(C4C[C@H]5CC[C@@H](C4)N5C(=O)C4=NC=NC4)nc23)cn1. The highest BCUT2D eigenvalue weighted by molar-refractivity contribution is 6.41. The second-order valence-electron chi connectivity index (χ2n) is 10.2. The van der Waals surface area contributed by atoms with E-state index in [1.807, 2.05) is 4.90 Å². The van der Waals surface area contributed by atoms with E-state index in [2.05, 4.69) is 25.4 Å². The third-order valence-electron chi connectivity index (χ3n) is 7.78. The molecule has 3 aromatic rings. The van der Waals surface area contributed by atoms with Crippen LogP contribution in [0.1, 0.15) is 61.5 Å². The minimum Gasteiger partial charge on any atom is -0.450 e. The molecular formula is C27H29N9O4. The number of rotatable bonds is 6. The average molecular weight is 544 g/mol. The predicted molar refractivity (Wildman–Crippen MR) is 148 cm³/mol. The Balaban J connectivity index is 1.33. The highest BCUT2D eigenvalue weighted by Crippen LogP contribution is 2.44. The molecule has 3 aromatic heterocycles. The molecule has 2 bridgehead atoms. The Hall–Kier alpha value is -4.68. The molecular weight excluding hydrogens is 514 g/mol. The molecule has 2 amide bonds. The van der Waals surface area contributed by atoms with Gasteiger partial charge in [0.05, 0.1) is 30.6 Å². The molecule has 3 aliphatic heterocycles. The Morgan fingerprint density at radius 2 is 1.93 bits per heavy atom. The smallest absolute Gasteiger partial charge is 0.412 e. The number of ketones is 1. The van der Waals surface area contributed by atoms with E-state index < -0.39 is 6.09 Å². The molecule has 0 spiro atoms. The number of fused-ring (bicyclic) bond motifs is 3. The van der Waals surface area contributed by atoms with Gasteiger partial charge in [0, 0.05) is 35.3 Å². The lowest BCUT2D eigenvalue weighted by Gasteiger charge is -2.39. The van der Waals surface area contributed by atoms with Crippen LogP contribution in [0.4, 0.5) is 16.4 Å². The highest BCUT2D eigenvalue weighted by atomic mass is 16.5. The van der Waals surface area contributed by atoms with Gasteiger partial charge in [-0.3, -0.25) is 19.9 Å². The summed E-state index contributed by atoms with van der Waals surface area (Å²) < 4.78 is 6.38. The molecule has 0 aliphatic carbocycles. The molecule has 0 radical (unpaired) electrons. The first-order valence-electron chi connectivity index (χ1n) is 13.3. The molecule has 0 saturated carbocycles. The van der Waals surface area contributed by atoms with Gasteiger partial charge in [-0.1, -0.05) is 0 Å². The number of nitrogens with zero attached hydrogens (tertiary/aromatic N) is 7. The van der Waals surface area contributed by atoms with Crippen molar-refractivity contribution in [2.75, 3.05) is 24.2 Å². The first-order valence-corrected chi connectivity index (χ1v) is 13.3. The summed E-state index contributed by atoms with van der Waals surface area (Å²) in [7, 11) is 0. The van der Waals surface area contributed by atoms with E-state index in [4.69, 9.17) is 15.5 Å². The number of hydrogen-bond donors (Lipinski definition) is 2. The normalized spacial score (nSPS) is 21.5. The Labute approximate surface area is 229 Å². The third kappa shape index (κ3) is 4.36. The molecule has 206 valence electrons. The van der Waals surface area contributed by atoms with Crippen molar-refractivity contribution in [3.63, 3.8) is 0 Å². The number of carbonyl (C=O) groups excluding carboxylic acids is 3. The van der Waals surface area contributed by atoms with Gasteiger partial charge in [-0.15, -0.1) is 0 Å². The number of piperidine rings is 1. The zero-order valence-electron chi connectivity index (χ0n) is 22.2. The van der Waals surface area contributed by atoms with Crippen molar-refractivity contribution in [2.45, 2.75) is 57.5 Å². The lowest BCUT2D eigenvalue weighted by molar-refractivity contribution is -0.128. The van der Waals surface area contributed by atoms with Gasteiger partial charge in [-0.2, -0.15) is 9.61 Å². The number of aromatic nitrogens is 4. The van der Waals surface area contributed by atoms with E-state index >= 15 is 0 Å². The quantitative estimate of drug-likeness (QED) is 0.447. The highest BCUT2D eigenvalue weighted by Gasteiger charge is 2.46. The fourth-order valence-electron chi connectivity index (χ4n) is 6.07. The lowest BCUT2D eigenvalue weighted by Crippen LogP contribution is -2.49. The number of nitrogens with two attached hydrogens (primary N) is 1. The number of anilines is 2. The summed E-state index contributed by atoms with van der Waals surface area (Å²) in [6.07, 6.45) is 7.24. The number of amides is 2. The molecule has 2 fully saturated rings. The minimum absolute atomic E-state index is 0.0339. The number of aliphatic imine (C=N–C) groups is 2. The number of nitrogen functional groups attached to an aromatic ring is 1. The Bertz CT molecular complexity index is 1560. The largest absolute Gasteiger partial charge is 0.450 e. The van der Waals surface area contributed by atoms with Crippen LogP contribution in [0.15, 0.2) is 34.5 Å². The van der Waals surface area contributed by atoms with Crippen molar-refractivity contribution in [1.82, 2.24) is 24.5 Å². The number of ether oxygens (including phenoxy) is 1. The molecule has 13 nitrogen and oxygen atoms in total. The van der Waals surface area contributed by atoms with Crippen molar-refractivity contribution in [3.8, 4) is 11.1 Å². The summed E-state index contributed by atoms with van der Waals surface area (Å²) in [4.78, 5) is 57.2. The van der Waals surface area contributed by atoms with E-state index in [0.717, 1.165) is 18.4 Å². The van der Waals surface area contributed by atoms with Gasteiger partial charge in [-0.25, -0.2) is 19.8 Å². The Kier molecular flexibility index (Phi) is 6.48. The Morgan fingerprint density at radius 3 is 2.55 bits per heavy atom. The predicted octanol–water partition coefficient (Wildman–Crippen LogP) is 2.86. The van der Waals surface area contributed by atoms with Gasteiger partial charge >= 0.3 is 6.09 Å². The van der Waals surface area contributed by atoms with Crippen LogP contribution in [-0.2, 0) is 9.53 Å². The fourth-order valence-corrected chi connectivity index (χ4v) is 6.07. The second-order valence-corrected chi connectivity index (χ2v) is 10.2. The molecule has 6 rings (SSSR count). The molecule has 13 heteroatoms. The van der Waals surface area contributed by atoms with Crippen LogP contribution in [-0.4, -0.2) is 79.6 Å². The van der Waals surface area contributed by atoms with Crippen molar-refractivity contribution < 1.29 is 19.1 Å². The van der Waals surface area contributed by atoms with Gasteiger partial charge in [0.15, 0.2) is 11.4 Å². The summed E-state index contributed by atoms with van der Waals surface area (Å²) >= 11 is 0. The van der Waals surface area contributed by atoms with Crippen LogP contribution in [0, 0.1) is 0 Å². The van der Waals surface area contributed by atoms with Crippen molar-refractivity contribution >= 4 is 47.1 Å². The van der Waals surface area contributed by atoms with Crippen LogP contribution in [0.25, 0.3) is 16.8 Å². The van der Waals surface area contributed by atoms with Crippen molar-refractivity contribution in [1.29, 1.82) is 0 Å². The number of hydrogen-bond acceptors (Lipinski definition) is 10. The van der Waals surface area contributed by atoms with E-state index in [1.54, 1.807) is 31.5 Å². The zero-order chi connectivity index (χ0) is 28.0. The van der Waals surface area contributed by atoms with Gasteiger partial charge in [0.25, 0.3) is 5.91 Å². The van der Waals surface area contributed by atoms with Crippen LogP contribution in [0.5, 0.6) is 0 Å². The maximum Gasteiger partial charge on any atom is 0.412 e. The van der Waals surface area contributed by atoms with E-state index in [9.17, 15) is 14.4 Å². The average Bonchev–Trinajstić information content (AvgIpc) is 3.67. The van der Waals surface area contributed by atoms with Gasteiger partial charge in [-0.05, 0) is 51.7 Å². The summed E-state index contributed by atoms with van der Waals surface area (Å²) in [6, 6.07) is 3.52. The zero-order valence-corrected chi connectivity index (χ0v) is 22.2. The fraction of sp³-hybridized carbons (Fsp3) is 0.407. The molecule has 40 heavy (non-hydrogen) atoms. The third-order valence-corrected chi connectivity index (χ3v) is 7.78. The van der Waals surface area contributed by atoms with Gasteiger partial charge < -0.3 is 15.4 Å². The molecule has 3 N–H and O–H groups in total. The van der Waals surface area contributed by atoms with E-state index in [1.165, 1.54) is 17.8 Å². The molecule has 6 heterocycles. The first kappa shape index (κ1) is 25.6. The van der Waals surface area contributed by atoms with Crippen LogP contribution in [0.3, 0.4) is 0 Å². The van der Waals surface area contributed by atoms with Crippen LogP contribution in [0.2, 0.25) is 0 Å². The summed E-state index contributed by atoms with van der Waals surface area (Å²) in [5.74, 6) is 0.294. The number of nitrogens with one attached hydrogen (secondary N) is 1. The number of Topliss-reactive ketones (excluding diaryl/α,β-unsaturated/α-hetero) is 1. The van der Waals surface area contributed by atoms with Gasteiger partial charge in [0.2, 0.25) is 0 Å². The molecule has 2 saturated heterocycles. The molecule has 1 unspecified atom stereocenters. The monoisotopic (exact) mass is 543 g/mol. The first-order chi connectivity index (χ1) is 19.4. The molecule has 0 aromatic carbocycles.